The minimum Gasteiger partial charge on any atom is -0.264 e. The summed E-state index contributed by atoms with van der Waals surface area (Å²) in [7, 11) is 0. The van der Waals surface area contributed by atoms with Crippen molar-refractivity contribution in [3.63, 3.8) is 0 Å². The summed E-state index contributed by atoms with van der Waals surface area (Å²) in [5, 5.41) is 10.5. The highest BCUT2D eigenvalue weighted by Gasteiger charge is 2.18. The quantitative estimate of drug-likeness (QED) is 0.460. The fourth-order valence-electron chi connectivity index (χ4n) is 2.68. The third-order valence-electron chi connectivity index (χ3n) is 3.61. The molecule has 5 heteroatoms. The molecule has 19 heavy (non-hydrogen) atoms. The minimum absolute atomic E-state index is 0.0942. The first-order chi connectivity index (χ1) is 9.20. The molecule has 5 nitrogen and oxygen atoms in total. The number of allylic oxidation sites excluding steroid dienone is 4. The predicted molar refractivity (Wildman–Crippen MR) is 74.4 cm³/mol. The van der Waals surface area contributed by atoms with Crippen LogP contribution in [0.25, 0.3) is 22.1 Å². The smallest absolute Gasteiger partial charge is 0.0691 e. The van der Waals surface area contributed by atoms with Gasteiger partial charge in [-0.15, -0.1) is 0 Å². The van der Waals surface area contributed by atoms with Crippen molar-refractivity contribution >= 4 is 11.6 Å². The zero-order valence-corrected chi connectivity index (χ0v) is 11.0. The van der Waals surface area contributed by atoms with Crippen LogP contribution < -0.4 is 10.6 Å². The summed E-state index contributed by atoms with van der Waals surface area (Å²) in [4.78, 5) is 2.84. The van der Waals surface area contributed by atoms with Crippen LogP contribution in [-0.4, -0.2) is 15.8 Å². The average molecular weight is 253 g/mol. The van der Waals surface area contributed by atoms with Crippen LogP contribution in [0.5, 0.6) is 0 Å². The van der Waals surface area contributed by atoms with E-state index in [0.717, 1.165) is 11.8 Å². The van der Waals surface area contributed by atoms with E-state index in [2.05, 4.69) is 40.3 Å². The van der Waals surface area contributed by atoms with Gasteiger partial charge in [-0.2, -0.15) is 5.10 Å². The first-order valence-electron chi connectivity index (χ1n) is 6.39. The normalized spacial score (nSPS) is 17.7. The average Bonchev–Trinajstić information content (AvgIpc) is 2.92. The molecule has 0 fully saturated rings. The number of hydrogen-bond acceptors (Lipinski definition) is 2. The fourth-order valence-corrected chi connectivity index (χ4v) is 2.68. The van der Waals surface area contributed by atoms with E-state index >= 15 is 0 Å². The number of rotatable bonds is 3. The van der Waals surface area contributed by atoms with Crippen LogP contribution in [0.15, 0.2) is 34.6 Å². The molecular formula is C14H15N5. The van der Waals surface area contributed by atoms with Crippen molar-refractivity contribution in [3.05, 3.63) is 50.5 Å². The summed E-state index contributed by atoms with van der Waals surface area (Å²) in [6.45, 7) is 4.64. The van der Waals surface area contributed by atoms with Gasteiger partial charge in [-0.3, -0.25) is 4.68 Å². The predicted octanol–water partition coefficient (Wildman–Crippen LogP) is 1.80. The van der Waals surface area contributed by atoms with Crippen LogP contribution in [0, 0.1) is 0 Å². The molecule has 3 rings (SSSR count). The molecule has 2 aliphatic carbocycles. The van der Waals surface area contributed by atoms with Gasteiger partial charge in [0.1, 0.15) is 0 Å². The van der Waals surface area contributed by atoms with Crippen LogP contribution in [0.3, 0.4) is 0 Å². The number of nitrogens with zero attached hydrogens (tertiary/aromatic N) is 5. The summed E-state index contributed by atoms with van der Waals surface area (Å²) in [5.41, 5.74) is 12.4. The first kappa shape index (κ1) is 11.8. The zero-order chi connectivity index (χ0) is 13.4. The van der Waals surface area contributed by atoms with E-state index in [-0.39, 0.29) is 6.04 Å². The Labute approximate surface area is 110 Å². The van der Waals surface area contributed by atoms with Crippen LogP contribution >= 0.6 is 0 Å². The van der Waals surface area contributed by atoms with Crippen molar-refractivity contribution in [1.29, 1.82) is 0 Å². The number of hydrogen-bond donors (Lipinski definition) is 0. The van der Waals surface area contributed by atoms with Crippen LogP contribution in [0.4, 0.5) is 0 Å². The number of aromatic nitrogens is 2. The molecular weight excluding hydrogens is 238 g/mol. The van der Waals surface area contributed by atoms with Gasteiger partial charge in [-0.05, 0) is 41.7 Å². The number of fused-ring (bicyclic) bond motifs is 2. The standard InChI is InChI=1S/C14H15N5/c1-9-4-3-5-11-12(9)6-14-13(11)7-16-19(14)8-10(2)17-18-15/h3-4,6-7,10H,5,8H2,1-2H3. The molecule has 1 unspecified atom stereocenters. The van der Waals surface area contributed by atoms with Gasteiger partial charge in [0.05, 0.1) is 17.6 Å². The molecule has 0 spiro atoms. The molecule has 0 amide bonds. The minimum atomic E-state index is -0.0942. The molecule has 1 aromatic rings. The van der Waals surface area contributed by atoms with E-state index in [1.807, 2.05) is 17.8 Å². The summed E-state index contributed by atoms with van der Waals surface area (Å²) >= 11 is 0. The molecule has 96 valence electrons. The lowest BCUT2D eigenvalue weighted by Gasteiger charge is -2.10. The zero-order valence-electron chi connectivity index (χ0n) is 11.0. The lowest BCUT2D eigenvalue weighted by atomic mass is 9.95. The summed E-state index contributed by atoms with van der Waals surface area (Å²) in [5.74, 6) is 0. The maximum absolute atomic E-state index is 8.46. The molecule has 0 aromatic carbocycles. The lowest BCUT2D eigenvalue weighted by molar-refractivity contribution is 0.526. The van der Waals surface area contributed by atoms with Crippen LogP contribution in [0.2, 0.25) is 0 Å². The van der Waals surface area contributed by atoms with Crippen molar-refractivity contribution in [3.8, 4) is 0 Å². The highest BCUT2D eigenvalue weighted by atomic mass is 15.3. The van der Waals surface area contributed by atoms with Gasteiger partial charge in [0, 0.05) is 16.7 Å². The van der Waals surface area contributed by atoms with Crippen molar-refractivity contribution in [2.24, 2.45) is 5.11 Å². The maximum Gasteiger partial charge on any atom is 0.0691 e. The van der Waals surface area contributed by atoms with Crippen LogP contribution in [0.1, 0.15) is 20.3 Å². The Kier molecular flexibility index (Phi) is 2.76. The highest BCUT2D eigenvalue weighted by Crippen LogP contribution is 2.27. The second kappa shape index (κ2) is 4.44. The Balaban J connectivity index is 2.08. The maximum atomic E-state index is 8.46. The largest absolute Gasteiger partial charge is 0.264 e. The third kappa shape index (κ3) is 1.88. The van der Waals surface area contributed by atoms with Crippen molar-refractivity contribution in [1.82, 2.24) is 9.78 Å². The van der Waals surface area contributed by atoms with Crippen LogP contribution in [-0.2, 0) is 6.54 Å². The molecule has 0 radical (unpaired) electrons. The van der Waals surface area contributed by atoms with Gasteiger partial charge in [-0.25, -0.2) is 0 Å². The summed E-state index contributed by atoms with van der Waals surface area (Å²) < 4.78 is 1.93. The second-order valence-corrected chi connectivity index (χ2v) is 5.01. The Hall–Kier alpha value is -2.26. The number of azide groups is 1. The monoisotopic (exact) mass is 253 g/mol. The van der Waals surface area contributed by atoms with Gasteiger partial charge in [0.2, 0.25) is 0 Å². The molecule has 2 aliphatic rings. The van der Waals surface area contributed by atoms with Crippen molar-refractivity contribution < 1.29 is 0 Å². The van der Waals surface area contributed by atoms with Gasteiger partial charge >= 0.3 is 0 Å². The molecule has 0 saturated heterocycles. The van der Waals surface area contributed by atoms with Gasteiger partial charge in [-0.1, -0.05) is 24.2 Å². The van der Waals surface area contributed by atoms with Crippen molar-refractivity contribution in [2.75, 3.05) is 0 Å². The highest BCUT2D eigenvalue weighted by molar-refractivity contribution is 5.85. The Morgan fingerprint density at radius 2 is 2.42 bits per heavy atom. The SMILES string of the molecule is CC1=C2C=c3c(cnn3CC(C)N=[N+]=[N-])=C2CC=C1. The molecule has 0 aliphatic heterocycles. The molecule has 1 heterocycles. The van der Waals surface area contributed by atoms with E-state index in [1.54, 1.807) is 0 Å². The van der Waals surface area contributed by atoms with Gasteiger partial charge < -0.3 is 0 Å². The van der Waals surface area contributed by atoms with Crippen molar-refractivity contribution in [2.45, 2.75) is 32.9 Å². The van der Waals surface area contributed by atoms with E-state index < -0.39 is 0 Å². The summed E-state index contributed by atoms with van der Waals surface area (Å²) in [6.07, 6.45) is 9.44. The lowest BCUT2D eigenvalue weighted by Crippen LogP contribution is -2.30. The topological polar surface area (TPSA) is 66.6 Å². The Bertz CT molecular complexity index is 756. The fraction of sp³-hybridized carbons (Fsp3) is 0.357. The molecule has 1 aromatic heterocycles. The first-order valence-corrected chi connectivity index (χ1v) is 6.39. The van der Waals surface area contributed by atoms with E-state index in [1.165, 1.54) is 21.9 Å². The molecule has 1 atom stereocenters. The Morgan fingerprint density at radius 1 is 1.58 bits per heavy atom. The van der Waals surface area contributed by atoms with E-state index in [4.69, 9.17) is 5.53 Å². The van der Waals surface area contributed by atoms with E-state index in [9.17, 15) is 0 Å². The van der Waals surface area contributed by atoms with Gasteiger partial charge in [0.15, 0.2) is 0 Å². The summed E-state index contributed by atoms with van der Waals surface area (Å²) in [6, 6.07) is -0.0942. The van der Waals surface area contributed by atoms with Gasteiger partial charge in [0.25, 0.3) is 0 Å². The second-order valence-electron chi connectivity index (χ2n) is 5.01. The molecule has 0 N–H and O–H groups in total. The van der Waals surface area contributed by atoms with E-state index in [0.29, 0.717) is 6.54 Å². The molecule has 0 saturated carbocycles. The third-order valence-corrected chi connectivity index (χ3v) is 3.61. The molecule has 0 bridgehead atoms. The Morgan fingerprint density at radius 3 is 3.21 bits per heavy atom.